The van der Waals surface area contributed by atoms with Gasteiger partial charge in [0.05, 0.1) is 0 Å². The Hall–Kier alpha value is -0.770. The Morgan fingerprint density at radius 2 is 2.06 bits per heavy atom. The summed E-state index contributed by atoms with van der Waals surface area (Å²) in [5, 5.41) is 0. The molecule has 1 aromatic rings. The molecule has 4 heteroatoms. The van der Waals surface area contributed by atoms with Crippen LogP contribution in [0.15, 0.2) is 16.7 Å². The number of amides is 1. The van der Waals surface area contributed by atoms with Gasteiger partial charge in [0, 0.05) is 29.8 Å². The van der Waals surface area contributed by atoms with E-state index < -0.39 is 0 Å². The number of aromatic nitrogens is 1. The first-order valence-electron chi connectivity index (χ1n) is 6.47. The lowest BCUT2D eigenvalue weighted by atomic mass is 9.99. The van der Waals surface area contributed by atoms with Gasteiger partial charge < -0.3 is 9.47 Å². The maximum absolute atomic E-state index is 12.5. The molecule has 0 N–H and O–H groups in total. The second kappa shape index (κ2) is 5.91. The van der Waals surface area contributed by atoms with Crippen molar-refractivity contribution >= 4 is 21.8 Å². The summed E-state index contributed by atoms with van der Waals surface area (Å²) in [7, 11) is 1.88. The third-order valence-corrected chi connectivity index (χ3v) is 4.06. The Kier molecular flexibility index (Phi) is 5.02. The number of carbonyl (C=O) groups excluding carboxylic acids is 1. The van der Waals surface area contributed by atoms with E-state index in [0.29, 0.717) is 0 Å². The lowest BCUT2D eigenvalue weighted by Crippen LogP contribution is -2.45. The summed E-state index contributed by atoms with van der Waals surface area (Å²) in [4.78, 5) is 14.4. The molecular formula is C14H23BrN2O. The number of halogens is 1. The molecule has 0 atom stereocenters. The highest BCUT2D eigenvalue weighted by Crippen LogP contribution is 2.22. The fraction of sp³-hybridized carbons (Fsp3) is 0.643. The van der Waals surface area contributed by atoms with Crippen molar-refractivity contribution in [1.82, 2.24) is 9.47 Å². The molecule has 0 fully saturated rings. The van der Waals surface area contributed by atoms with Gasteiger partial charge in [-0.25, -0.2) is 0 Å². The van der Waals surface area contributed by atoms with E-state index in [1.165, 1.54) is 0 Å². The predicted molar refractivity (Wildman–Crippen MR) is 78.9 cm³/mol. The van der Waals surface area contributed by atoms with Crippen LogP contribution in [0.2, 0.25) is 0 Å². The quantitative estimate of drug-likeness (QED) is 0.808. The van der Waals surface area contributed by atoms with E-state index >= 15 is 0 Å². The zero-order valence-corrected chi connectivity index (χ0v) is 13.5. The van der Waals surface area contributed by atoms with E-state index in [1.54, 1.807) is 0 Å². The van der Waals surface area contributed by atoms with Gasteiger partial charge >= 0.3 is 0 Å². The number of nitrogens with zero attached hydrogens (tertiary/aromatic N) is 2. The van der Waals surface area contributed by atoms with Gasteiger partial charge in [-0.1, -0.05) is 13.8 Å². The second-order valence-electron chi connectivity index (χ2n) is 5.27. The van der Waals surface area contributed by atoms with E-state index in [0.717, 1.165) is 29.6 Å². The standard InChI is InChI=1S/C14H23BrN2O/c1-6-8-17-10-11(15)9-12(17)13(18)16(5)14(3,4)7-2/h9-10H,6-8H2,1-5H3. The highest BCUT2D eigenvalue weighted by Gasteiger charge is 2.28. The number of rotatable bonds is 5. The van der Waals surface area contributed by atoms with Gasteiger partial charge in [0.1, 0.15) is 5.69 Å². The molecule has 102 valence electrons. The number of hydrogen-bond acceptors (Lipinski definition) is 1. The molecule has 0 spiro atoms. The molecule has 1 rings (SSSR count). The minimum absolute atomic E-state index is 0.0843. The van der Waals surface area contributed by atoms with Crippen LogP contribution in [0.4, 0.5) is 0 Å². The van der Waals surface area contributed by atoms with Crippen molar-refractivity contribution < 1.29 is 4.79 Å². The molecule has 3 nitrogen and oxygen atoms in total. The topological polar surface area (TPSA) is 25.2 Å². The summed E-state index contributed by atoms with van der Waals surface area (Å²) < 4.78 is 2.98. The number of hydrogen-bond donors (Lipinski definition) is 0. The van der Waals surface area contributed by atoms with Crippen LogP contribution < -0.4 is 0 Å². The van der Waals surface area contributed by atoms with Crippen molar-refractivity contribution in [3.8, 4) is 0 Å². The second-order valence-corrected chi connectivity index (χ2v) is 6.18. The van der Waals surface area contributed by atoms with Crippen molar-refractivity contribution in [3.05, 3.63) is 22.4 Å². The van der Waals surface area contributed by atoms with E-state index in [1.807, 2.05) is 28.8 Å². The third kappa shape index (κ3) is 3.16. The Balaban J connectivity index is 3.03. The molecule has 0 saturated heterocycles. The largest absolute Gasteiger partial charge is 0.342 e. The van der Waals surface area contributed by atoms with Crippen molar-refractivity contribution in [2.75, 3.05) is 7.05 Å². The van der Waals surface area contributed by atoms with Crippen LogP contribution in [0.3, 0.4) is 0 Å². The van der Waals surface area contributed by atoms with Crippen LogP contribution in [-0.4, -0.2) is 28.0 Å². The Labute approximate surface area is 118 Å². The van der Waals surface area contributed by atoms with Crippen LogP contribution in [-0.2, 0) is 6.54 Å². The Morgan fingerprint density at radius 3 is 2.56 bits per heavy atom. The zero-order valence-electron chi connectivity index (χ0n) is 12.0. The first-order valence-corrected chi connectivity index (χ1v) is 7.26. The van der Waals surface area contributed by atoms with Gasteiger partial charge in [0.25, 0.3) is 5.91 Å². The molecule has 0 unspecified atom stereocenters. The van der Waals surface area contributed by atoms with Crippen molar-refractivity contribution in [2.24, 2.45) is 0 Å². The van der Waals surface area contributed by atoms with E-state index in [4.69, 9.17) is 0 Å². The minimum Gasteiger partial charge on any atom is -0.342 e. The van der Waals surface area contributed by atoms with Gasteiger partial charge in [-0.3, -0.25) is 4.79 Å². The molecule has 1 aromatic heterocycles. The molecule has 1 amide bonds. The summed E-state index contributed by atoms with van der Waals surface area (Å²) in [6, 6.07) is 1.90. The van der Waals surface area contributed by atoms with Crippen molar-refractivity contribution in [2.45, 2.75) is 52.6 Å². The monoisotopic (exact) mass is 314 g/mol. The molecule has 0 aromatic carbocycles. The van der Waals surface area contributed by atoms with Crippen LogP contribution in [0.25, 0.3) is 0 Å². The molecule has 0 aliphatic rings. The summed E-state index contributed by atoms with van der Waals surface area (Å²) in [6.07, 6.45) is 3.93. The highest BCUT2D eigenvalue weighted by molar-refractivity contribution is 9.10. The average molecular weight is 315 g/mol. The van der Waals surface area contributed by atoms with Crippen LogP contribution in [0, 0.1) is 0 Å². The fourth-order valence-electron chi connectivity index (χ4n) is 1.76. The number of carbonyl (C=O) groups is 1. The van der Waals surface area contributed by atoms with Gasteiger partial charge in [0.15, 0.2) is 0 Å². The van der Waals surface area contributed by atoms with Gasteiger partial charge in [-0.15, -0.1) is 0 Å². The van der Waals surface area contributed by atoms with Gasteiger partial charge in [-0.05, 0) is 48.7 Å². The molecule has 0 aliphatic carbocycles. The molecule has 0 bridgehead atoms. The third-order valence-electron chi connectivity index (χ3n) is 3.62. The summed E-state index contributed by atoms with van der Waals surface area (Å²) in [5.74, 6) is 0.0843. The summed E-state index contributed by atoms with van der Waals surface area (Å²) in [5.41, 5.74) is 0.637. The predicted octanol–water partition coefficient (Wildman–Crippen LogP) is 3.92. The molecular weight excluding hydrogens is 292 g/mol. The maximum Gasteiger partial charge on any atom is 0.270 e. The van der Waals surface area contributed by atoms with Crippen LogP contribution in [0.5, 0.6) is 0 Å². The summed E-state index contributed by atoms with van der Waals surface area (Å²) >= 11 is 3.45. The minimum atomic E-state index is -0.120. The molecule has 0 aliphatic heterocycles. The van der Waals surface area contributed by atoms with Gasteiger partial charge in [0.2, 0.25) is 0 Å². The van der Waals surface area contributed by atoms with Crippen molar-refractivity contribution in [1.29, 1.82) is 0 Å². The maximum atomic E-state index is 12.5. The first kappa shape index (κ1) is 15.3. The fourth-order valence-corrected chi connectivity index (χ4v) is 2.23. The SMILES string of the molecule is CCCn1cc(Br)cc1C(=O)N(C)C(C)(C)CC. The van der Waals surface area contributed by atoms with E-state index in [9.17, 15) is 4.79 Å². The number of aryl methyl sites for hydroxylation is 1. The average Bonchev–Trinajstić information content (AvgIpc) is 2.69. The van der Waals surface area contributed by atoms with Crippen LogP contribution in [0.1, 0.15) is 51.0 Å². The smallest absolute Gasteiger partial charge is 0.270 e. The van der Waals surface area contributed by atoms with Crippen molar-refractivity contribution in [3.63, 3.8) is 0 Å². The van der Waals surface area contributed by atoms with Gasteiger partial charge in [-0.2, -0.15) is 0 Å². The Bertz CT molecular complexity index is 423. The molecule has 0 radical (unpaired) electrons. The van der Waals surface area contributed by atoms with Crippen LogP contribution >= 0.6 is 15.9 Å². The summed E-state index contributed by atoms with van der Waals surface area (Å²) in [6.45, 7) is 9.26. The lowest BCUT2D eigenvalue weighted by Gasteiger charge is -2.35. The Morgan fingerprint density at radius 1 is 1.44 bits per heavy atom. The first-order chi connectivity index (χ1) is 8.33. The molecule has 0 saturated carbocycles. The zero-order chi connectivity index (χ0) is 13.9. The highest BCUT2D eigenvalue weighted by atomic mass is 79.9. The normalized spacial score (nSPS) is 11.7. The lowest BCUT2D eigenvalue weighted by molar-refractivity contribution is 0.0609. The molecule has 18 heavy (non-hydrogen) atoms. The van der Waals surface area contributed by atoms with E-state index in [-0.39, 0.29) is 11.4 Å². The van der Waals surface area contributed by atoms with E-state index in [2.05, 4.69) is 43.6 Å². The molecule has 1 heterocycles.